The highest BCUT2D eigenvalue weighted by molar-refractivity contribution is 7.89. The van der Waals surface area contributed by atoms with Gasteiger partial charge in [0.05, 0.1) is 15.1 Å². The molecule has 36 heavy (non-hydrogen) atoms. The van der Waals surface area contributed by atoms with E-state index in [1.807, 2.05) is 18.2 Å². The van der Waals surface area contributed by atoms with Gasteiger partial charge in [0, 0.05) is 62.9 Å². The number of carbonyl (C=O) groups is 1. The van der Waals surface area contributed by atoms with Crippen molar-refractivity contribution in [1.29, 1.82) is 0 Å². The lowest BCUT2D eigenvalue weighted by Crippen LogP contribution is -2.48. The van der Waals surface area contributed by atoms with Gasteiger partial charge < -0.3 is 10.2 Å². The van der Waals surface area contributed by atoms with Gasteiger partial charge in [-0.05, 0) is 55.3 Å². The van der Waals surface area contributed by atoms with Crippen LogP contribution in [0.3, 0.4) is 0 Å². The van der Waals surface area contributed by atoms with Crippen molar-refractivity contribution in [3.05, 3.63) is 53.1 Å². The van der Waals surface area contributed by atoms with E-state index in [9.17, 15) is 13.2 Å². The van der Waals surface area contributed by atoms with Crippen LogP contribution in [0.25, 0.3) is 10.2 Å². The minimum Gasteiger partial charge on any atom is -0.351 e. The Balaban J connectivity index is 1.08. The Morgan fingerprint density at radius 1 is 0.972 bits per heavy atom. The SMILES string of the molecule is O=C(NCCN1CCN(c2nc3ccc(Cl)cc3s2)CC1)c1ccc(S(=O)(=O)N2CCCCC2)cc1. The Morgan fingerprint density at radius 2 is 1.69 bits per heavy atom. The number of piperazine rings is 1. The summed E-state index contributed by atoms with van der Waals surface area (Å²) in [6.07, 6.45) is 2.86. The van der Waals surface area contributed by atoms with Crippen LogP contribution in [-0.4, -0.2) is 80.9 Å². The molecule has 2 aliphatic rings. The number of nitrogens with one attached hydrogen (secondary N) is 1. The average molecular weight is 548 g/mol. The van der Waals surface area contributed by atoms with Crippen LogP contribution in [0.1, 0.15) is 29.6 Å². The Hall–Kier alpha value is -2.24. The third-order valence-electron chi connectivity index (χ3n) is 6.76. The number of thiazole rings is 1. The number of aromatic nitrogens is 1. The first-order valence-electron chi connectivity index (χ1n) is 12.3. The molecule has 0 bridgehead atoms. The van der Waals surface area contributed by atoms with Crippen LogP contribution in [0.4, 0.5) is 5.13 Å². The van der Waals surface area contributed by atoms with Crippen molar-refractivity contribution in [2.75, 3.05) is 57.3 Å². The molecule has 3 aromatic rings. The quantitative estimate of drug-likeness (QED) is 0.486. The normalized spacial score (nSPS) is 18.0. The standard InChI is InChI=1S/C25H30ClN5O3S2/c26-20-6-9-22-23(18-20)35-25(28-22)30-16-14-29(15-17-30)13-10-27-24(32)19-4-7-21(8-5-19)36(33,34)31-11-2-1-3-12-31/h4-9,18H,1-3,10-17H2,(H,27,32). The van der Waals surface area contributed by atoms with Gasteiger partial charge in [0.25, 0.3) is 5.91 Å². The maximum atomic E-state index is 12.8. The summed E-state index contributed by atoms with van der Waals surface area (Å²) >= 11 is 7.76. The summed E-state index contributed by atoms with van der Waals surface area (Å²) in [4.78, 5) is 22.2. The molecule has 11 heteroatoms. The number of benzene rings is 2. The first-order chi connectivity index (χ1) is 17.4. The summed E-state index contributed by atoms with van der Waals surface area (Å²) in [5.74, 6) is -0.191. The maximum absolute atomic E-state index is 12.8. The molecule has 8 nitrogen and oxygen atoms in total. The van der Waals surface area contributed by atoms with Crippen LogP contribution in [0.5, 0.6) is 0 Å². The Labute approximate surface area is 220 Å². The summed E-state index contributed by atoms with van der Waals surface area (Å²) in [5.41, 5.74) is 1.44. The largest absolute Gasteiger partial charge is 0.351 e. The third-order valence-corrected chi connectivity index (χ3v) is 9.99. The fourth-order valence-corrected chi connectivity index (χ4v) is 7.46. The first-order valence-corrected chi connectivity index (χ1v) is 15.0. The molecule has 2 aliphatic heterocycles. The summed E-state index contributed by atoms with van der Waals surface area (Å²) < 4.78 is 28.2. The van der Waals surface area contributed by atoms with E-state index in [2.05, 4.69) is 15.1 Å². The highest BCUT2D eigenvalue weighted by atomic mass is 35.5. The van der Waals surface area contributed by atoms with Gasteiger partial charge in [-0.15, -0.1) is 0 Å². The minimum atomic E-state index is -3.49. The van der Waals surface area contributed by atoms with Crippen molar-refractivity contribution in [3.63, 3.8) is 0 Å². The number of fused-ring (bicyclic) bond motifs is 1. The van der Waals surface area contributed by atoms with E-state index in [1.165, 1.54) is 16.4 Å². The van der Waals surface area contributed by atoms with E-state index in [-0.39, 0.29) is 10.8 Å². The van der Waals surface area contributed by atoms with Crippen molar-refractivity contribution in [3.8, 4) is 0 Å². The predicted molar refractivity (Wildman–Crippen MR) is 145 cm³/mol. The minimum absolute atomic E-state index is 0.191. The molecule has 5 rings (SSSR count). The lowest BCUT2D eigenvalue weighted by molar-refractivity contribution is 0.0947. The van der Waals surface area contributed by atoms with Crippen molar-refractivity contribution in [1.82, 2.24) is 19.5 Å². The molecular formula is C25H30ClN5O3S2. The van der Waals surface area contributed by atoms with Gasteiger partial charge in [0.15, 0.2) is 5.13 Å². The smallest absolute Gasteiger partial charge is 0.251 e. The molecule has 0 radical (unpaired) electrons. The van der Waals surface area contributed by atoms with Gasteiger partial charge in [0.2, 0.25) is 10.0 Å². The third kappa shape index (κ3) is 5.68. The fraction of sp³-hybridized carbons (Fsp3) is 0.440. The molecule has 2 fully saturated rings. The van der Waals surface area contributed by atoms with Crippen LogP contribution >= 0.6 is 22.9 Å². The average Bonchev–Trinajstić information content (AvgIpc) is 3.33. The summed E-state index contributed by atoms with van der Waals surface area (Å²) in [6, 6.07) is 12.0. The molecule has 2 saturated heterocycles. The molecule has 1 amide bonds. The van der Waals surface area contributed by atoms with Crippen molar-refractivity contribution in [2.24, 2.45) is 0 Å². The van der Waals surface area contributed by atoms with Crippen LogP contribution in [0.2, 0.25) is 5.02 Å². The van der Waals surface area contributed by atoms with E-state index in [4.69, 9.17) is 16.6 Å². The maximum Gasteiger partial charge on any atom is 0.251 e. The number of anilines is 1. The number of hydrogen-bond acceptors (Lipinski definition) is 7. The Morgan fingerprint density at radius 3 is 2.42 bits per heavy atom. The van der Waals surface area contributed by atoms with Crippen molar-refractivity contribution >= 4 is 54.2 Å². The number of sulfonamides is 1. The summed E-state index contributed by atoms with van der Waals surface area (Å²) in [7, 11) is -3.49. The van der Waals surface area contributed by atoms with Gasteiger partial charge in [-0.25, -0.2) is 13.4 Å². The molecular weight excluding hydrogens is 518 g/mol. The fourth-order valence-electron chi connectivity index (χ4n) is 4.65. The first kappa shape index (κ1) is 25.4. The molecule has 0 unspecified atom stereocenters. The van der Waals surface area contributed by atoms with Crippen LogP contribution < -0.4 is 10.2 Å². The zero-order chi connectivity index (χ0) is 25.1. The molecule has 192 valence electrons. The van der Waals surface area contributed by atoms with Gasteiger partial charge in [-0.3, -0.25) is 9.69 Å². The van der Waals surface area contributed by atoms with E-state index in [0.29, 0.717) is 25.2 Å². The van der Waals surface area contributed by atoms with E-state index < -0.39 is 10.0 Å². The van der Waals surface area contributed by atoms with E-state index in [1.54, 1.807) is 23.5 Å². The van der Waals surface area contributed by atoms with Crippen molar-refractivity contribution in [2.45, 2.75) is 24.2 Å². The molecule has 1 N–H and O–H groups in total. The molecule has 0 saturated carbocycles. The molecule has 0 aliphatic carbocycles. The van der Waals surface area contributed by atoms with Crippen LogP contribution in [0.15, 0.2) is 47.4 Å². The van der Waals surface area contributed by atoms with E-state index >= 15 is 0 Å². The van der Waals surface area contributed by atoms with Crippen LogP contribution in [0, 0.1) is 0 Å². The lowest BCUT2D eigenvalue weighted by atomic mass is 10.2. The van der Waals surface area contributed by atoms with Gasteiger partial charge in [0.1, 0.15) is 0 Å². The van der Waals surface area contributed by atoms with Gasteiger partial charge in [-0.1, -0.05) is 29.4 Å². The van der Waals surface area contributed by atoms with E-state index in [0.717, 1.165) is 72.4 Å². The molecule has 0 spiro atoms. The zero-order valence-corrected chi connectivity index (χ0v) is 22.4. The number of rotatable bonds is 7. The number of nitrogens with zero attached hydrogens (tertiary/aromatic N) is 4. The zero-order valence-electron chi connectivity index (χ0n) is 20.0. The highest BCUT2D eigenvalue weighted by Gasteiger charge is 2.26. The second-order valence-electron chi connectivity index (χ2n) is 9.18. The van der Waals surface area contributed by atoms with Crippen molar-refractivity contribution < 1.29 is 13.2 Å². The number of piperidine rings is 1. The van der Waals surface area contributed by atoms with Gasteiger partial charge >= 0.3 is 0 Å². The number of amides is 1. The molecule has 2 aromatic carbocycles. The number of carbonyl (C=O) groups excluding carboxylic acids is 1. The number of hydrogen-bond donors (Lipinski definition) is 1. The monoisotopic (exact) mass is 547 g/mol. The van der Waals surface area contributed by atoms with Crippen LogP contribution in [-0.2, 0) is 10.0 Å². The lowest BCUT2D eigenvalue weighted by Gasteiger charge is -2.34. The highest BCUT2D eigenvalue weighted by Crippen LogP contribution is 2.31. The Bertz CT molecular complexity index is 1320. The molecule has 1 aromatic heterocycles. The summed E-state index contributed by atoms with van der Waals surface area (Å²) in [5, 5.41) is 4.70. The Kier molecular flexibility index (Phi) is 7.78. The molecule has 3 heterocycles. The molecule has 0 atom stereocenters. The topological polar surface area (TPSA) is 85.9 Å². The number of halogens is 1. The second-order valence-corrected chi connectivity index (χ2v) is 12.6. The second kappa shape index (κ2) is 11.0. The van der Waals surface area contributed by atoms with Gasteiger partial charge in [-0.2, -0.15) is 4.31 Å². The predicted octanol–water partition coefficient (Wildman–Crippen LogP) is 3.68. The summed E-state index contributed by atoms with van der Waals surface area (Å²) in [6.45, 7) is 5.99.